The quantitative estimate of drug-likeness (QED) is 0.156. The van der Waals surface area contributed by atoms with Gasteiger partial charge in [0.25, 0.3) is 5.56 Å². The van der Waals surface area contributed by atoms with Crippen LogP contribution in [-0.4, -0.2) is 22.9 Å². The van der Waals surface area contributed by atoms with Gasteiger partial charge in [-0.05, 0) is 60.0 Å². The van der Waals surface area contributed by atoms with Gasteiger partial charge < -0.3 is 14.6 Å². The van der Waals surface area contributed by atoms with E-state index >= 15 is 0 Å². The first-order valence-electron chi connectivity index (χ1n) is 12.3. The van der Waals surface area contributed by atoms with Crippen molar-refractivity contribution in [2.45, 2.75) is 25.8 Å². The largest absolute Gasteiger partial charge is 0.494 e. The van der Waals surface area contributed by atoms with Crippen molar-refractivity contribution in [3.63, 3.8) is 0 Å². The second-order valence-corrected chi connectivity index (χ2v) is 9.38. The van der Waals surface area contributed by atoms with E-state index in [2.05, 4.69) is 5.32 Å². The van der Waals surface area contributed by atoms with Crippen molar-refractivity contribution in [3.05, 3.63) is 129 Å². The van der Waals surface area contributed by atoms with Crippen molar-refractivity contribution in [3.8, 4) is 5.75 Å². The average Bonchev–Trinajstić information content (AvgIpc) is 3.31. The number of hydrogen-bond acceptors (Lipinski definition) is 4. The van der Waals surface area contributed by atoms with Crippen molar-refractivity contribution in [1.82, 2.24) is 4.57 Å². The number of benzene rings is 3. The third-order valence-electron chi connectivity index (χ3n) is 5.97. The molecule has 10 heteroatoms. The molecule has 0 saturated carbocycles. The lowest BCUT2D eigenvalue weighted by Gasteiger charge is -2.10. The first-order chi connectivity index (χ1) is 19.2. The van der Waals surface area contributed by atoms with Gasteiger partial charge in [-0.25, -0.2) is 13.2 Å². The molecule has 2 heterocycles. The Morgan fingerprint density at radius 3 is 2.35 bits per heavy atom. The van der Waals surface area contributed by atoms with Crippen molar-refractivity contribution in [2.75, 3.05) is 11.9 Å². The highest BCUT2D eigenvalue weighted by Gasteiger charge is 2.18. The zero-order valence-corrected chi connectivity index (χ0v) is 21.9. The van der Waals surface area contributed by atoms with Crippen LogP contribution in [0.1, 0.15) is 34.3 Å². The molecule has 1 aliphatic rings. The highest BCUT2D eigenvalue weighted by molar-refractivity contribution is 6.30. The number of amides is 1. The van der Waals surface area contributed by atoms with Crippen LogP contribution in [0.3, 0.4) is 0 Å². The summed E-state index contributed by atoms with van der Waals surface area (Å²) >= 11 is 5.54. The van der Waals surface area contributed by atoms with Crippen molar-refractivity contribution in [2.24, 2.45) is 0 Å². The van der Waals surface area contributed by atoms with Gasteiger partial charge in [-0.15, -0.1) is 0 Å². The SMILES string of the molecule is Clc1ccccc1.O=C1Cc2ccc(OCCCC(=O)c3cccn(Cc4cc(F)c(F)c(F)c4)c3=O)cc2N1. The molecule has 1 aromatic heterocycles. The number of Topliss-reactive ketones (excluding diaryl/α,β-unsaturated/α-hetero) is 1. The van der Waals surface area contributed by atoms with Gasteiger partial charge in [0.2, 0.25) is 5.91 Å². The standard InChI is InChI=1S/C24H19F3N2O4.C6H5Cl/c25-18-9-14(10-19(26)23(18)27)13-29-7-1-3-17(24(29)32)21(30)4-2-8-33-16-6-5-15-11-22(31)28-20(15)12-16;7-6-4-2-1-3-5-6/h1,3,5-7,9-10,12H,2,4,8,11,13H2,(H,28,31);1-5H. The van der Waals surface area contributed by atoms with Gasteiger partial charge >= 0.3 is 0 Å². The Morgan fingerprint density at radius 1 is 0.950 bits per heavy atom. The number of fused-ring (bicyclic) bond motifs is 1. The monoisotopic (exact) mass is 568 g/mol. The summed E-state index contributed by atoms with van der Waals surface area (Å²) in [6.07, 6.45) is 2.13. The molecule has 0 aliphatic carbocycles. The van der Waals surface area contributed by atoms with Crippen molar-refractivity contribution in [1.29, 1.82) is 0 Å². The fourth-order valence-corrected chi connectivity index (χ4v) is 4.17. The number of carbonyl (C=O) groups is 2. The summed E-state index contributed by atoms with van der Waals surface area (Å²) in [7, 11) is 0. The highest BCUT2D eigenvalue weighted by Crippen LogP contribution is 2.27. The van der Waals surface area contributed by atoms with Crippen LogP contribution in [0, 0.1) is 17.5 Å². The van der Waals surface area contributed by atoms with Gasteiger partial charge in [0, 0.05) is 29.4 Å². The Labute approximate surface area is 233 Å². The molecule has 0 saturated heterocycles. The number of rotatable bonds is 8. The molecule has 0 spiro atoms. The summed E-state index contributed by atoms with van der Waals surface area (Å²) in [6, 6.07) is 19.2. The van der Waals surface area contributed by atoms with Gasteiger partial charge in [-0.2, -0.15) is 0 Å². The van der Waals surface area contributed by atoms with Crippen LogP contribution in [0.25, 0.3) is 0 Å². The van der Waals surface area contributed by atoms with Crippen LogP contribution in [0.2, 0.25) is 5.02 Å². The molecular weight excluding hydrogens is 545 g/mol. The summed E-state index contributed by atoms with van der Waals surface area (Å²) in [5.74, 6) is -4.19. The average molecular weight is 569 g/mol. The lowest BCUT2D eigenvalue weighted by Crippen LogP contribution is -2.26. The number of nitrogens with zero attached hydrogens (tertiary/aromatic N) is 1. The second kappa shape index (κ2) is 13.1. The van der Waals surface area contributed by atoms with E-state index in [9.17, 15) is 27.6 Å². The number of ketones is 1. The Kier molecular flexibility index (Phi) is 9.39. The molecule has 3 aromatic carbocycles. The minimum atomic E-state index is -1.58. The van der Waals surface area contributed by atoms with Crippen LogP contribution in [0.5, 0.6) is 5.75 Å². The minimum absolute atomic E-state index is 0.0528. The van der Waals surface area contributed by atoms with Gasteiger partial charge in [-0.3, -0.25) is 14.4 Å². The van der Waals surface area contributed by atoms with E-state index in [0.29, 0.717) is 24.3 Å². The summed E-state index contributed by atoms with van der Waals surface area (Å²) in [5.41, 5.74) is 0.995. The molecule has 6 nitrogen and oxygen atoms in total. The number of hydrogen-bond donors (Lipinski definition) is 1. The Morgan fingerprint density at radius 2 is 1.68 bits per heavy atom. The molecule has 40 heavy (non-hydrogen) atoms. The molecule has 1 aliphatic heterocycles. The third kappa shape index (κ3) is 7.39. The number of nitrogens with one attached hydrogen (secondary N) is 1. The summed E-state index contributed by atoms with van der Waals surface area (Å²) in [6.45, 7) is 0.0136. The van der Waals surface area contributed by atoms with E-state index in [1.165, 1.54) is 18.3 Å². The number of pyridine rings is 1. The molecule has 0 radical (unpaired) electrons. The number of ether oxygens (including phenoxy) is 1. The lowest BCUT2D eigenvalue weighted by molar-refractivity contribution is -0.115. The van der Waals surface area contributed by atoms with E-state index in [1.54, 1.807) is 18.2 Å². The maximum Gasteiger partial charge on any atom is 0.261 e. The topological polar surface area (TPSA) is 77.4 Å². The molecule has 0 atom stereocenters. The van der Waals surface area contributed by atoms with Crippen LogP contribution in [-0.2, 0) is 17.8 Å². The van der Waals surface area contributed by atoms with Crippen molar-refractivity contribution < 1.29 is 27.5 Å². The molecule has 4 aromatic rings. The van der Waals surface area contributed by atoms with Crippen LogP contribution in [0.4, 0.5) is 18.9 Å². The fraction of sp³-hybridized carbons (Fsp3) is 0.167. The predicted octanol–water partition coefficient (Wildman–Crippen LogP) is 6.19. The molecule has 0 fully saturated rings. The number of halogens is 4. The molecule has 206 valence electrons. The summed E-state index contributed by atoms with van der Waals surface area (Å²) in [4.78, 5) is 36.6. The van der Waals surface area contributed by atoms with E-state index < -0.39 is 28.8 Å². The van der Waals surface area contributed by atoms with E-state index in [0.717, 1.165) is 27.3 Å². The summed E-state index contributed by atoms with van der Waals surface area (Å²) in [5, 5.41) is 3.53. The van der Waals surface area contributed by atoms with Gasteiger partial charge in [0.05, 0.1) is 25.1 Å². The first-order valence-corrected chi connectivity index (χ1v) is 12.7. The third-order valence-corrected chi connectivity index (χ3v) is 6.23. The first kappa shape index (κ1) is 28.6. The van der Waals surface area contributed by atoms with E-state index in [4.69, 9.17) is 16.3 Å². The number of anilines is 1. The highest BCUT2D eigenvalue weighted by atomic mass is 35.5. The molecule has 5 rings (SSSR count). The smallest absolute Gasteiger partial charge is 0.261 e. The molecule has 1 amide bonds. The molecule has 1 N–H and O–H groups in total. The maximum absolute atomic E-state index is 13.4. The maximum atomic E-state index is 13.4. The Hall–Kier alpha value is -4.37. The Bertz CT molecular complexity index is 1570. The van der Waals surface area contributed by atoms with Gasteiger partial charge in [0.1, 0.15) is 5.75 Å². The number of aromatic nitrogens is 1. The predicted molar refractivity (Wildman–Crippen MR) is 145 cm³/mol. The normalized spacial score (nSPS) is 11.8. The zero-order valence-electron chi connectivity index (χ0n) is 21.1. The fourth-order valence-electron chi connectivity index (χ4n) is 4.02. The van der Waals surface area contributed by atoms with E-state index in [1.807, 2.05) is 30.3 Å². The molecule has 0 bridgehead atoms. The zero-order chi connectivity index (χ0) is 28.6. The van der Waals surface area contributed by atoms with Gasteiger partial charge in [0.15, 0.2) is 23.2 Å². The number of carbonyl (C=O) groups excluding carboxylic acids is 2. The molecular formula is C30H24ClF3N2O4. The van der Waals surface area contributed by atoms with Crippen molar-refractivity contribution >= 4 is 29.0 Å². The van der Waals surface area contributed by atoms with Crippen LogP contribution < -0.4 is 15.6 Å². The summed E-state index contributed by atoms with van der Waals surface area (Å²) < 4.78 is 46.8. The lowest BCUT2D eigenvalue weighted by atomic mass is 10.1. The minimum Gasteiger partial charge on any atom is -0.494 e. The molecule has 0 unspecified atom stereocenters. The van der Waals surface area contributed by atoms with Crippen LogP contribution >= 0.6 is 11.6 Å². The van der Waals surface area contributed by atoms with Crippen LogP contribution in [0.15, 0.2) is 83.8 Å². The van der Waals surface area contributed by atoms with E-state index in [-0.39, 0.29) is 36.6 Å². The van der Waals surface area contributed by atoms with Gasteiger partial charge in [-0.1, -0.05) is 35.9 Å². The second-order valence-electron chi connectivity index (χ2n) is 8.94. The Balaban J connectivity index is 0.000000461.